The molecule has 0 saturated carbocycles. The Balaban J connectivity index is 2.66. The number of aliphatic carboxylic acids is 1. The van der Waals surface area contributed by atoms with Crippen molar-refractivity contribution in [2.45, 2.75) is 44.0 Å². The molecule has 0 aliphatic heterocycles. The third-order valence-corrected chi connectivity index (χ3v) is 3.83. The van der Waals surface area contributed by atoms with E-state index in [2.05, 4.69) is 10.6 Å². The highest BCUT2D eigenvalue weighted by molar-refractivity contribution is 7.98. The third kappa shape index (κ3) is 6.08. The van der Waals surface area contributed by atoms with Gasteiger partial charge in [0.25, 0.3) is 0 Å². The van der Waals surface area contributed by atoms with Crippen molar-refractivity contribution in [3.8, 4) is 0 Å². The Labute approximate surface area is 129 Å². The van der Waals surface area contributed by atoms with Gasteiger partial charge in [-0.15, -0.1) is 11.8 Å². The number of anilines is 1. The van der Waals surface area contributed by atoms with Gasteiger partial charge in [0.1, 0.15) is 0 Å². The first kappa shape index (κ1) is 17.4. The molecular weight excluding hydrogens is 288 g/mol. The fourth-order valence-electron chi connectivity index (χ4n) is 1.81. The second kappa shape index (κ2) is 7.36. The van der Waals surface area contributed by atoms with E-state index in [1.165, 1.54) is 0 Å². The van der Waals surface area contributed by atoms with E-state index >= 15 is 0 Å². The lowest BCUT2D eigenvalue weighted by Gasteiger charge is -2.26. The number of nitrogens with one attached hydrogen (secondary N) is 2. The van der Waals surface area contributed by atoms with Crippen LogP contribution in [0.5, 0.6) is 0 Å². The van der Waals surface area contributed by atoms with Crippen LogP contribution in [0.4, 0.5) is 10.5 Å². The average Bonchev–Trinajstić information content (AvgIpc) is 2.38. The number of aryl methyl sites for hydroxylation is 1. The third-order valence-electron chi connectivity index (χ3n) is 3.11. The zero-order chi connectivity index (χ0) is 16.0. The van der Waals surface area contributed by atoms with Crippen molar-refractivity contribution in [3.05, 3.63) is 23.8 Å². The maximum absolute atomic E-state index is 12.0. The molecular formula is C15H22N2O3S. The number of carboxylic acids is 1. The molecule has 0 radical (unpaired) electrons. The zero-order valence-corrected chi connectivity index (χ0v) is 13.6. The minimum absolute atomic E-state index is 0.0221. The lowest BCUT2D eigenvalue weighted by molar-refractivity contribution is -0.137. The summed E-state index contributed by atoms with van der Waals surface area (Å²) >= 11 is 1.61. The summed E-state index contributed by atoms with van der Waals surface area (Å²) in [6, 6.07) is 5.55. The monoisotopic (exact) mass is 310 g/mol. The fraction of sp³-hybridized carbons (Fsp3) is 0.467. The highest BCUT2D eigenvalue weighted by atomic mass is 32.2. The number of carbonyl (C=O) groups is 2. The Morgan fingerprint density at radius 2 is 2.00 bits per heavy atom. The highest BCUT2D eigenvalue weighted by Crippen LogP contribution is 2.23. The predicted molar refractivity (Wildman–Crippen MR) is 86.1 cm³/mol. The van der Waals surface area contributed by atoms with Crippen LogP contribution in [0.2, 0.25) is 0 Å². The van der Waals surface area contributed by atoms with Crippen molar-refractivity contribution >= 4 is 29.4 Å². The molecule has 0 atom stereocenters. The van der Waals surface area contributed by atoms with Gasteiger partial charge in [0.2, 0.25) is 0 Å². The van der Waals surface area contributed by atoms with Crippen LogP contribution < -0.4 is 10.6 Å². The van der Waals surface area contributed by atoms with Gasteiger partial charge in [-0.05, 0) is 51.1 Å². The molecule has 1 aromatic rings. The molecule has 0 heterocycles. The normalized spacial score (nSPS) is 11.0. The summed E-state index contributed by atoms with van der Waals surface area (Å²) in [7, 11) is 0. The quantitative estimate of drug-likeness (QED) is 0.703. The number of carboxylic acid groups (broad SMARTS) is 1. The van der Waals surface area contributed by atoms with Crippen molar-refractivity contribution < 1.29 is 14.7 Å². The summed E-state index contributed by atoms with van der Waals surface area (Å²) in [5.41, 5.74) is 1.16. The molecule has 3 N–H and O–H groups in total. The summed E-state index contributed by atoms with van der Waals surface area (Å²) in [6.07, 6.45) is 2.37. The Hall–Kier alpha value is -1.69. The van der Waals surface area contributed by atoms with Crippen LogP contribution in [0, 0.1) is 6.92 Å². The van der Waals surface area contributed by atoms with Gasteiger partial charge in [-0.2, -0.15) is 0 Å². The second-order valence-corrected chi connectivity index (χ2v) is 6.42. The first-order valence-electron chi connectivity index (χ1n) is 6.69. The average molecular weight is 310 g/mol. The van der Waals surface area contributed by atoms with Crippen molar-refractivity contribution in [2.24, 2.45) is 0 Å². The number of urea groups is 1. The van der Waals surface area contributed by atoms with Crippen LogP contribution in [0.1, 0.15) is 32.3 Å². The van der Waals surface area contributed by atoms with Gasteiger partial charge in [-0.25, -0.2) is 4.79 Å². The Bertz CT molecular complexity index is 530. The van der Waals surface area contributed by atoms with Crippen LogP contribution in [0.25, 0.3) is 0 Å². The summed E-state index contributed by atoms with van der Waals surface area (Å²) in [5, 5.41) is 14.3. The minimum atomic E-state index is -0.867. The molecule has 5 nitrogen and oxygen atoms in total. The standard InChI is InChI=1S/C15H22N2O3S/c1-10-5-6-11(21-4)9-12(10)16-14(20)17-15(2,3)8-7-13(18)19/h5-6,9H,7-8H2,1-4H3,(H,18,19)(H2,16,17,20). The van der Waals surface area contributed by atoms with E-state index in [1.54, 1.807) is 25.6 Å². The number of hydrogen-bond donors (Lipinski definition) is 3. The summed E-state index contributed by atoms with van der Waals surface area (Å²) < 4.78 is 0. The van der Waals surface area contributed by atoms with E-state index in [-0.39, 0.29) is 12.5 Å². The summed E-state index contributed by atoms with van der Waals surface area (Å²) in [6.45, 7) is 5.54. The van der Waals surface area contributed by atoms with E-state index in [1.807, 2.05) is 31.4 Å². The van der Waals surface area contributed by atoms with Gasteiger partial charge in [-0.3, -0.25) is 4.79 Å². The summed E-state index contributed by atoms with van der Waals surface area (Å²) in [5.74, 6) is -0.867. The Morgan fingerprint density at radius 3 is 2.57 bits per heavy atom. The number of thioether (sulfide) groups is 1. The number of rotatable bonds is 6. The van der Waals surface area contributed by atoms with Gasteiger partial charge < -0.3 is 15.7 Å². The van der Waals surface area contributed by atoms with E-state index in [9.17, 15) is 9.59 Å². The highest BCUT2D eigenvalue weighted by Gasteiger charge is 2.21. The first-order chi connectivity index (χ1) is 9.73. The fourth-order valence-corrected chi connectivity index (χ4v) is 2.25. The van der Waals surface area contributed by atoms with Crippen LogP contribution >= 0.6 is 11.8 Å². The van der Waals surface area contributed by atoms with Gasteiger partial charge in [0, 0.05) is 22.5 Å². The molecule has 0 spiro atoms. The number of amides is 2. The van der Waals surface area contributed by atoms with Crippen LogP contribution in [-0.4, -0.2) is 28.9 Å². The van der Waals surface area contributed by atoms with Crippen molar-refractivity contribution in [2.75, 3.05) is 11.6 Å². The Morgan fingerprint density at radius 1 is 1.33 bits per heavy atom. The van der Waals surface area contributed by atoms with Crippen molar-refractivity contribution in [3.63, 3.8) is 0 Å². The van der Waals surface area contributed by atoms with Crippen molar-refractivity contribution in [1.82, 2.24) is 5.32 Å². The molecule has 0 aliphatic rings. The second-order valence-electron chi connectivity index (χ2n) is 5.54. The SMILES string of the molecule is CSc1ccc(C)c(NC(=O)NC(C)(C)CCC(=O)O)c1. The van der Waals surface area contributed by atoms with E-state index in [0.29, 0.717) is 6.42 Å². The molecule has 116 valence electrons. The van der Waals surface area contributed by atoms with Crippen molar-refractivity contribution in [1.29, 1.82) is 0 Å². The smallest absolute Gasteiger partial charge is 0.319 e. The van der Waals surface area contributed by atoms with Gasteiger partial charge in [-0.1, -0.05) is 6.07 Å². The van der Waals surface area contributed by atoms with E-state index < -0.39 is 11.5 Å². The van der Waals surface area contributed by atoms with Crippen LogP contribution in [-0.2, 0) is 4.79 Å². The molecule has 0 aliphatic carbocycles. The molecule has 0 aromatic heterocycles. The van der Waals surface area contributed by atoms with Gasteiger partial charge >= 0.3 is 12.0 Å². The molecule has 0 unspecified atom stereocenters. The largest absolute Gasteiger partial charge is 0.481 e. The maximum atomic E-state index is 12.0. The van der Waals surface area contributed by atoms with E-state index in [0.717, 1.165) is 16.1 Å². The topological polar surface area (TPSA) is 78.4 Å². The van der Waals surface area contributed by atoms with Gasteiger partial charge in [0.05, 0.1) is 0 Å². The van der Waals surface area contributed by atoms with Crippen LogP contribution in [0.15, 0.2) is 23.1 Å². The molecule has 21 heavy (non-hydrogen) atoms. The first-order valence-corrected chi connectivity index (χ1v) is 7.91. The molecule has 1 rings (SSSR count). The number of carbonyl (C=O) groups excluding carboxylic acids is 1. The minimum Gasteiger partial charge on any atom is -0.481 e. The zero-order valence-electron chi connectivity index (χ0n) is 12.8. The van der Waals surface area contributed by atoms with Gasteiger partial charge in [0.15, 0.2) is 0 Å². The molecule has 1 aromatic carbocycles. The predicted octanol–water partition coefficient (Wildman–Crippen LogP) is 3.48. The molecule has 0 bridgehead atoms. The molecule has 0 fully saturated rings. The maximum Gasteiger partial charge on any atom is 0.319 e. The number of benzene rings is 1. The molecule has 2 amide bonds. The summed E-state index contributed by atoms with van der Waals surface area (Å²) in [4.78, 5) is 23.7. The Kier molecular flexibility index (Phi) is 6.08. The lowest BCUT2D eigenvalue weighted by atomic mass is 9.99. The molecule has 6 heteroatoms. The van der Waals surface area contributed by atoms with Crippen LogP contribution in [0.3, 0.4) is 0 Å². The number of hydrogen-bond acceptors (Lipinski definition) is 3. The lowest BCUT2D eigenvalue weighted by Crippen LogP contribution is -2.45. The molecule has 0 saturated heterocycles. The van der Waals surface area contributed by atoms with E-state index in [4.69, 9.17) is 5.11 Å².